The molecule has 4 nitrogen and oxygen atoms in total. The molecular weight excluding hydrogens is 422 g/mol. The number of hydrogen-bond acceptors (Lipinski definition) is 4. The van der Waals surface area contributed by atoms with E-state index < -0.39 is 0 Å². The van der Waals surface area contributed by atoms with Crippen molar-refractivity contribution in [3.05, 3.63) is 41.0 Å². The molecule has 1 heterocycles. The van der Waals surface area contributed by atoms with Crippen molar-refractivity contribution in [2.75, 3.05) is 25.2 Å². The number of aliphatic hydroxyl groups is 1. The molecule has 1 saturated heterocycles. The molecule has 0 amide bonds. The Balaban J connectivity index is 1.40. The molecule has 4 aliphatic carbocycles. The monoisotopic (exact) mass is 465 g/mol. The molecule has 6 rings (SSSR count). The molecule has 4 heteroatoms. The van der Waals surface area contributed by atoms with Crippen LogP contribution in [-0.2, 0) is 9.47 Å². The molecule has 1 aliphatic heterocycles. The fraction of sp³-hybridized carbons (Fsp3) is 0.733. The molecule has 186 valence electrons. The first kappa shape index (κ1) is 23.1. The third kappa shape index (κ3) is 3.50. The normalized spacial score (nSPS) is 38.7. The standard InChI is InChI=1S/C30H43NO3/c1-19(2)31(4)22-8-5-20(6-9-22)25-18-29(3)26(11-12-27(29)32)24-10-7-21-17-30(33-15-16-34-30)14-13-23(21)28(24)25/h5-6,8-9,19,21,24-27,32H,7,10-18H2,1-4H3. The summed E-state index contributed by atoms with van der Waals surface area (Å²) >= 11 is 0. The molecule has 1 aromatic rings. The van der Waals surface area contributed by atoms with Gasteiger partial charge in [-0.15, -0.1) is 0 Å². The lowest BCUT2D eigenvalue weighted by Crippen LogP contribution is -2.47. The van der Waals surface area contributed by atoms with Gasteiger partial charge in [0.25, 0.3) is 0 Å². The summed E-state index contributed by atoms with van der Waals surface area (Å²) in [5.74, 6) is 1.97. The number of fused-ring (bicyclic) bond motifs is 4. The number of hydrogen-bond donors (Lipinski definition) is 1. The first-order valence-electron chi connectivity index (χ1n) is 13.8. The van der Waals surface area contributed by atoms with Crippen LogP contribution in [0.2, 0.25) is 0 Å². The Morgan fingerprint density at radius 1 is 1.00 bits per heavy atom. The van der Waals surface area contributed by atoms with E-state index in [1.165, 1.54) is 30.5 Å². The zero-order valence-electron chi connectivity index (χ0n) is 21.6. The van der Waals surface area contributed by atoms with Crippen molar-refractivity contribution in [1.29, 1.82) is 0 Å². The molecule has 6 atom stereocenters. The second kappa shape index (κ2) is 8.35. The minimum absolute atomic E-state index is 0.0349. The number of anilines is 1. The highest BCUT2D eigenvalue weighted by atomic mass is 16.7. The van der Waals surface area contributed by atoms with Gasteiger partial charge in [0.15, 0.2) is 5.79 Å². The quantitative estimate of drug-likeness (QED) is 0.552. The first-order valence-corrected chi connectivity index (χ1v) is 13.8. The third-order valence-electron chi connectivity index (χ3n) is 10.6. The molecule has 0 bridgehead atoms. The Kier molecular flexibility index (Phi) is 5.66. The molecule has 0 aromatic heterocycles. The summed E-state index contributed by atoms with van der Waals surface area (Å²) < 4.78 is 12.3. The minimum Gasteiger partial charge on any atom is -0.393 e. The molecule has 3 saturated carbocycles. The summed E-state index contributed by atoms with van der Waals surface area (Å²) in [6.45, 7) is 8.38. The van der Waals surface area contributed by atoms with Gasteiger partial charge in [-0.05, 0) is 93.2 Å². The SMILES string of the molecule is CC(C)N(C)c1ccc(C2CC3(C)C(O)CCC3C3CCC4CC5(CCC4=C23)OCCO5)cc1. The number of aliphatic hydroxyl groups excluding tert-OH is 1. The van der Waals surface area contributed by atoms with E-state index in [0.29, 0.717) is 29.7 Å². The molecule has 1 aromatic carbocycles. The lowest BCUT2D eigenvalue weighted by atomic mass is 9.52. The fourth-order valence-electron chi connectivity index (χ4n) is 8.50. The third-order valence-corrected chi connectivity index (χ3v) is 10.6. The second-order valence-corrected chi connectivity index (χ2v) is 12.4. The molecule has 6 unspecified atom stereocenters. The van der Waals surface area contributed by atoms with Crippen molar-refractivity contribution in [2.45, 2.75) is 96.0 Å². The maximum atomic E-state index is 11.1. The topological polar surface area (TPSA) is 41.9 Å². The van der Waals surface area contributed by atoms with Crippen molar-refractivity contribution < 1.29 is 14.6 Å². The van der Waals surface area contributed by atoms with E-state index in [1.807, 2.05) is 0 Å². The van der Waals surface area contributed by atoms with Crippen molar-refractivity contribution in [2.24, 2.45) is 23.2 Å². The van der Waals surface area contributed by atoms with Crippen molar-refractivity contribution in [3.63, 3.8) is 0 Å². The molecule has 0 radical (unpaired) electrons. The van der Waals surface area contributed by atoms with Crippen LogP contribution in [0.4, 0.5) is 5.69 Å². The highest BCUT2D eigenvalue weighted by Gasteiger charge is 2.57. The number of benzene rings is 1. The van der Waals surface area contributed by atoms with Gasteiger partial charge in [-0.1, -0.05) is 30.2 Å². The summed E-state index contributed by atoms with van der Waals surface area (Å²) in [6.07, 6.45) is 8.75. The van der Waals surface area contributed by atoms with Gasteiger partial charge in [-0.2, -0.15) is 0 Å². The Hall–Kier alpha value is -1.36. The molecule has 1 N–H and O–H groups in total. The van der Waals surface area contributed by atoms with Crippen LogP contribution < -0.4 is 4.90 Å². The fourth-order valence-corrected chi connectivity index (χ4v) is 8.50. The largest absolute Gasteiger partial charge is 0.393 e. The van der Waals surface area contributed by atoms with Crippen molar-refractivity contribution in [3.8, 4) is 0 Å². The van der Waals surface area contributed by atoms with Crippen LogP contribution in [0.3, 0.4) is 0 Å². The highest BCUT2D eigenvalue weighted by molar-refractivity contribution is 5.50. The van der Waals surface area contributed by atoms with Crippen LogP contribution in [0.25, 0.3) is 0 Å². The maximum absolute atomic E-state index is 11.1. The number of rotatable bonds is 3. The smallest absolute Gasteiger partial charge is 0.169 e. The summed E-state index contributed by atoms with van der Waals surface area (Å²) in [5, 5.41) is 11.1. The van der Waals surface area contributed by atoms with Crippen LogP contribution in [0.5, 0.6) is 0 Å². The van der Waals surface area contributed by atoms with Gasteiger partial charge in [0, 0.05) is 37.5 Å². The van der Waals surface area contributed by atoms with Crippen LogP contribution in [0.15, 0.2) is 35.4 Å². The molecule has 5 aliphatic rings. The van der Waals surface area contributed by atoms with Crippen LogP contribution in [0.1, 0.15) is 83.6 Å². The summed E-state index contributed by atoms with van der Waals surface area (Å²) in [5.41, 5.74) is 6.25. The lowest BCUT2D eigenvalue weighted by molar-refractivity contribution is -0.181. The van der Waals surface area contributed by atoms with E-state index in [2.05, 4.69) is 57.0 Å². The number of ether oxygens (including phenoxy) is 2. The van der Waals surface area contributed by atoms with E-state index >= 15 is 0 Å². The van der Waals surface area contributed by atoms with Gasteiger partial charge in [-0.25, -0.2) is 0 Å². The van der Waals surface area contributed by atoms with Gasteiger partial charge in [0.2, 0.25) is 0 Å². The summed E-state index contributed by atoms with van der Waals surface area (Å²) in [6, 6.07) is 9.87. The van der Waals surface area contributed by atoms with Crippen molar-refractivity contribution in [1.82, 2.24) is 0 Å². The first-order chi connectivity index (χ1) is 16.3. The zero-order valence-corrected chi connectivity index (χ0v) is 21.6. The Morgan fingerprint density at radius 2 is 1.74 bits per heavy atom. The summed E-state index contributed by atoms with van der Waals surface area (Å²) in [7, 11) is 2.18. The van der Waals surface area contributed by atoms with Gasteiger partial charge in [0.1, 0.15) is 0 Å². The molecular formula is C30H43NO3. The van der Waals surface area contributed by atoms with E-state index in [9.17, 15) is 5.11 Å². The van der Waals surface area contributed by atoms with Crippen LogP contribution >= 0.6 is 0 Å². The summed E-state index contributed by atoms with van der Waals surface area (Å²) in [4.78, 5) is 2.34. The zero-order chi connectivity index (χ0) is 23.7. The predicted molar refractivity (Wildman–Crippen MR) is 136 cm³/mol. The lowest BCUT2D eigenvalue weighted by Gasteiger charge is -2.54. The average Bonchev–Trinajstić information content (AvgIpc) is 3.41. The van der Waals surface area contributed by atoms with Gasteiger partial charge < -0.3 is 19.5 Å². The molecule has 4 fully saturated rings. The van der Waals surface area contributed by atoms with Crippen LogP contribution in [-0.4, -0.2) is 43.3 Å². The van der Waals surface area contributed by atoms with E-state index in [0.717, 1.165) is 45.3 Å². The molecule has 34 heavy (non-hydrogen) atoms. The van der Waals surface area contributed by atoms with Gasteiger partial charge in [-0.3, -0.25) is 0 Å². The Bertz CT molecular complexity index is 946. The Morgan fingerprint density at radius 3 is 2.44 bits per heavy atom. The predicted octanol–water partition coefficient (Wildman–Crippen LogP) is 6.05. The van der Waals surface area contributed by atoms with E-state index in [4.69, 9.17) is 9.47 Å². The van der Waals surface area contributed by atoms with E-state index in [-0.39, 0.29) is 17.3 Å². The van der Waals surface area contributed by atoms with E-state index in [1.54, 1.807) is 11.1 Å². The number of allylic oxidation sites excluding steroid dienone is 2. The number of nitrogens with zero attached hydrogens (tertiary/aromatic N) is 1. The van der Waals surface area contributed by atoms with Gasteiger partial charge in [0.05, 0.1) is 19.3 Å². The van der Waals surface area contributed by atoms with Crippen molar-refractivity contribution >= 4 is 5.69 Å². The van der Waals surface area contributed by atoms with Crippen LogP contribution in [0, 0.1) is 23.2 Å². The maximum Gasteiger partial charge on any atom is 0.169 e. The van der Waals surface area contributed by atoms with Gasteiger partial charge >= 0.3 is 0 Å². The minimum atomic E-state index is -0.313. The Labute approximate surface area is 205 Å². The highest BCUT2D eigenvalue weighted by Crippen LogP contribution is 2.64. The second-order valence-electron chi connectivity index (χ2n) is 12.4. The average molecular weight is 466 g/mol. The molecule has 1 spiro atoms.